The molecule has 2 saturated heterocycles. The molecule has 3 nitrogen and oxygen atoms in total. The van der Waals surface area contributed by atoms with Crippen LogP contribution in [0.25, 0.3) is 0 Å². The van der Waals surface area contributed by atoms with Crippen LogP contribution in [0, 0.1) is 5.41 Å². The van der Waals surface area contributed by atoms with Gasteiger partial charge < -0.3 is 10.6 Å². The van der Waals surface area contributed by atoms with Crippen LogP contribution in [-0.4, -0.2) is 55.1 Å². The largest absolute Gasteiger partial charge is 0.329 e. The van der Waals surface area contributed by atoms with Crippen molar-refractivity contribution in [3.8, 4) is 0 Å². The molecule has 1 atom stereocenters. The van der Waals surface area contributed by atoms with Gasteiger partial charge in [-0.3, -0.25) is 4.90 Å². The Morgan fingerprint density at radius 2 is 1.82 bits per heavy atom. The van der Waals surface area contributed by atoms with Crippen molar-refractivity contribution in [1.29, 1.82) is 0 Å². The maximum absolute atomic E-state index is 6.16. The van der Waals surface area contributed by atoms with Crippen LogP contribution in [-0.2, 0) is 0 Å². The summed E-state index contributed by atoms with van der Waals surface area (Å²) in [5.74, 6) is 0. The molecule has 2 heterocycles. The van der Waals surface area contributed by atoms with Crippen molar-refractivity contribution in [2.24, 2.45) is 11.1 Å². The zero-order valence-electron chi connectivity index (χ0n) is 11.8. The van der Waals surface area contributed by atoms with Crippen molar-refractivity contribution in [1.82, 2.24) is 9.80 Å². The first-order valence-corrected chi connectivity index (χ1v) is 7.11. The number of nitrogens with zero attached hydrogens (tertiary/aromatic N) is 2. The van der Waals surface area contributed by atoms with Crippen LogP contribution in [0.15, 0.2) is 0 Å². The van der Waals surface area contributed by atoms with Crippen LogP contribution >= 0.6 is 0 Å². The van der Waals surface area contributed by atoms with Crippen molar-refractivity contribution in [2.45, 2.75) is 45.1 Å². The summed E-state index contributed by atoms with van der Waals surface area (Å²) in [6, 6.07) is 0. The summed E-state index contributed by atoms with van der Waals surface area (Å²) < 4.78 is 0. The van der Waals surface area contributed by atoms with E-state index in [4.69, 9.17) is 5.73 Å². The van der Waals surface area contributed by atoms with Crippen LogP contribution in [0.4, 0.5) is 0 Å². The molecule has 0 spiro atoms. The summed E-state index contributed by atoms with van der Waals surface area (Å²) in [4.78, 5) is 5.16. The predicted molar refractivity (Wildman–Crippen MR) is 73.1 cm³/mol. The number of hydrogen-bond donors (Lipinski definition) is 1. The Balaban J connectivity index is 2.08. The Kier molecular flexibility index (Phi) is 3.81. The highest BCUT2D eigenvalue weighted by molar-refractivity contribution is 4.99. The van der Waals surface area contributed by atoms with Crippen LogP contribution in [0.1, 0.15) is 39.5 Å². The van der Waals surface area contributed by atoms with Crippen molar-refractivity contribution in [3.05, 3.63) is 0 Å². The van der Waals surface area contributed by atoms with E-state index in [1.54, 1.807) is 0 Å². The first kappa shape index (κ1) is 13.3. The summed E-state index contributed by atoms with van der Waals surface area (Å²) in [6.07, 6.45) is 5.15. The van der Waals surface area contributed by atoms with Crippen LogP contribution in [0.3, 0.4) is 0 Å². The van der Waals surface area contributed by atoms with Gasteiger partial charge in [0, 0.05) is 18.6 Å². The lowest BCUT2D eigenvalue weighted by Gasteiger charge is -2.41. The first-order valence-electron chi connectivity index (χ1n) is 7.11. The molecule has 2 rings (SSSR count). The van der Waals surface area contributed by atoms with E-state index >= 15 is 0 Å². The second-order valence-electron chi connectivity index (χ2n) is 6.92. The molecule has 100 valence electrons. The fourth-order valence-corrected chi connectivity index (χ4v) is 3.48. The third-order valence-corrected chi connectivity index (χ3v) is 4.87. The van der Waals surface area contributed by atoms with Crippen molar-refractivity contribution in [3.63, 3.8) is 0 Å². The monoisotopic (exact) mass is 239 g/mol. The molecule has 0 bridgehead atoms. The molecule has 0 aromatic carbocycles. The Bertz CT molecular complexity index is 264. The van der Waals surface area contributed by atoms with Gasteiger partial charge in [-0.15, -0.1) is 0 Å². The number of hydrogen-bond acceptors (Lipinski definition) is 3. The van der Waals surface area contributed by atoms with E-state index in [0.717, 1.165) is 6.54 Å². The number of rotatable bonds is 2. The van der Waals surface area contributed by atoms with E-state index in [1.807, 2.05) is 0 Å². The van der Waals surface area contributed by atoms with E-state index in [1.165, 1.54) is 51.9 Å². The first-order chi connectivity index (χ1) is 7.97. The van der Waals surface area contributed by atoms with Crippen LogP contribution in [0.2, 0.25) is 0 Å². The summed E-state index contributed by atoms with van der Waals surface area (Å²) in [5.41, 5.74) is 6.94. The Morgan fingerprint density at radius 3 is 2.41 bits per heavy atom. The Labute approximate surface area is 106 Å². The predicted octanol–water partition coefficient (Wildman–Crippen LogP) is 1.53. The van der Waals surface area contributed by atoms with E-state index in [9.17, 15) is 0 Å². The molecule has 2 fully saturated rings. The van der Waals surface area contributed by atoms with Gasteiger partial charge in [-0.05, 0) is 57.8 Å². The van der Waals surface area contributed by atoms with E-state index < -0.39 is 0 Å². The van der Waals surface area contributed by atoms with Gasteiger partial charge in [0.1, 0.15) is 0 Å². The molecule has 0 saturated carbocycles. The summed E-state index contributed by atoms with van der Waals surface area (Å²) in [5, 5.41) is 0. The van der Waals surface area contributed by atoms with Crippen molar-refractivity contribution < 1.29 is 0 Å². The highest BCUT2D eigenvalue weighted by Gasteiger charge is 2.42. The van der Waals surface area contributed by atoms with Gasteiger partial charge >= 0.3 is 0 Å². The summed E-state index contributed by atoms with van der Waals surface area (Å²) >= 11 is 0. The lowest BCUT2D eigenvalue weighted by molar-refractivity contribution is 0.0945. The quantitative estimate of drug-likeness (QED) is 0.793. The SMILES string of the molecule is CN1CCCC(CN)(N2CCC(C)(C)C2)CC1. The van der Waals surface area contributed by atoms with Crippen molar-refractivity contribution >= 4 is 0 Å². The van der Waals surface area contributed by atoms with Gasteiger partial charge in [0.05, 0.1) is 0 Å². The molecule has 2 aliphatic rings. The van der Waals surface area contributed by atoms with E-state index in [0.29, 0.717) is 11.0 Å². The summed E-state index contributed by atoms with van der Waals surface area (Å²) in [7, 11) is 2.24. The smallest absolute Gasteiger partial charge is 0.0344 e. The Morgan fingerprint density at radius 1 is 1.06 bits per heavy atom. The normalized spacial score (nSPS) is 36.0. The highest BCUT2D eigenvalue weighted by atomic mass is 15.2. The molecule has 0 aromatic heterocycles. The van der Waals surface area contributed by atoms with Crippen LogP contribution < -0.4 is 5.73 Å². The van der Waals surface area contributed by atoms with Gasteiger partial charge in [0.2, 0.25) is 0 Å². The van der Waals surface area contributed by atoms with Gasteiger partial charge in [0.15, 0.2) is 0 Å². The molecule has 3 heteroatoms. The zero-order chi connectivity index (χ0) is 12.5. The second-order valence-corrected chi connectivity index (χ2v) is 6.92. The average Bonchev–Trinajstić information content (AvgIpc) is 2.53. The molecular formula is C14H29N3. The van der Waals surface area contributed by atoms with Gasteiger partial charge in [-0.1, -0.05) is 13.8 Å². The van der Waals surface area contributed by atoms with E-state index in [-0.39, 0.29) is 0 Å². The lowest BCUT2D eigenvalue weighted by Crippen LogP contribution is -2.53. The number of nitrogens with two attached hydrogens (primary N) is 1. The minimum Gasteiger partial charge on any atom is -0.329 e. The molecule has 2 N–H and O–H groups in total. The number of likely N-dealkylation sites (tertiary alicyclic amines) is 2. The van der Waals surface area contributed by atoms with Crippen LogP contribution in [0.5, 0.6) is 0 Å². The average molecular weight is 239 g/mol. The summed E-state index contributed by atoms with van der Waals surface area (Å²) in [6.45, 7) is 10.5. The maximum atomic E-state index is 6.16. The Hall–Kier alpha value is -0.120. The molecule has 2 aliphatic heterocycles. The second kappa shape index (κ2) is 4.87. The molecule has 0 amide bonds. The minimum atomic E-state index is 0.290. The maximum Gasteiger partial charge on any atom is 0.0344 e. The molecule has 0 aliphatic carbocycles. The molecule has 0 radical (unpaired) electrons. The molecular weight excluding hydrogens is 210 g/mol. The fraction of sp³-hybridized carbons (Fsp3) is 1.00. The highest BCUT2D eigenvalue weighted by Crippen LogP contribution is 2.37. The lowest BCUT2D eigenvalue weighted by atomic mass is 9.87. The van der Waals surface area contributed by atoms with E-state index in [2.05, 4.69) is 30.7 Å². The molecule has 17 heavy (non-hydrogen) atoms. The zero-order valence-corrected chi connectivity index (χ0v) is 11.8. The van der Waals surface area contributed by atoms with Gasteiger partial charge in [-0.25, -0.2) is 0 Å². The molecule has 0 aromatic rings. The minimum absolute atomic E-state index is 0.290. The topological polar surface area (TPSA) is 32.5 Å². The standard InChI is InChI=1S/C14H29N3/c1-13(2)6-10-17(12-13)14(11-15)5-4-8-16(3)9-7-14/h4-12,15H2,1-3H3. The van der Waals surface area contributed by atoms with Gasteiger partial charge in [0.25, 0.3) is 0 Å². The molecule has 1 unspecified atom stereocenters. The van der Waals surface area contributed by atoms with Gasteiger partial charge in [-0.2, -0.15) is 0 Å². The fourth-order valence-electron chi connectivity index (χ4n) is 3.48. The van der Waals surface area contributed by atoms with Crippen molar-refractivity contribution in [2.75, 3.05) is 39.8 Å². The third kappa shape index (κ3) is 2.83. The third-order valence-electron chi connectivity index (χ3n) is 4.87.